The van der Waals surface area contributed by atoms with Crippen LogP contribution in [0.4, 0.5) is 0 Å². The maximum atomic E-state index is 11.7. The van der Waals surface area contributed by atoms with Crippen LogP contribution in [0.5, 0.6) is 5.88 Å². The maximum Gasteiger partial charge on any atom is 0.303 e. The smallest absolute Gasteiger partial charge is 0.303 e. The van der Waals surface area contributed by atoms with Gasteiger partial charge in [0.1, 0.15) is 19.0 Å². The van der Waals surface area contributed by atoms with E-state index in [4.69, 9.17) is 23.7 Å². The molecule has 12 heteroatoms. The molecule has 0 aliphatic carbocycles. The average Bonchev–Trinajstić information content (AvgIpc) is 3.21. The molecule has 0 amide bonds. The van der Waals surface area contributed by atoms with Crippen molar-refractivity contribution >= 4 is 29.1 Å². The van der Waals surface area contributed by atoms with Crippen molar-refractivity contribution in [3.05, 3.63) is 12.7 Å². The molecule has 0 spiro atoms. The Hall–Kier alpha value is -3.28. The highest BCUT2D eigenvalue weighted by Gasteiger charge is 2.51. The van der Waals surface area contributed by atoms with Gasteiger partial charge in [0.2, 0.25) is 5.88 Å². The van der Waals surface area contributed by atoms with Gasteiger partial charge in [0.05, 0.1) is 13.4 Å². The third-order valence-electron chi connectivity index (χ3n) is 4.13. The molecule has 0 saturated carbocycles. The molecule has 1 aliphatic rings. The van der Waals surface area contributed by atoms with Gasteiger partial charge in [-0.15, -0.1) is 0 Å². The number of carbonyl (C=O) groups excluding carboxylic acids is 3. The average molecular weight is 408 g/mol. The van der Waals surface area contributed by atoms with Crippen molar-refractivity contribution in [2.45, 2.75) is 45.3 Å². The minimum atomic E-state index is -1.03. The highest BCUT2D eigenvalue weighted by Crippen LogP contribution is 2.36. The molecule has 0 aromatic carbocycles. The first-order chi connectivity index (χ1) is 13.8. The van der Waals surface area contributed by atoms with Crippen molar-refractivity contribution in [2.24, 2.45) is 0 Å². The van der Waals surface area contributed by atoms with Crippen LogP contribution in [0.15, 0.2) is 12.7 Å². The summed E-state index contributed by atoms with van der Waals surface area (Å²) < 4.78 is 28.4. The number of hydrogen-bond donors (Lipinski definition) is 0. The van der Waals surface area contributed by atoms with Gasteiger partial charge in [0.25, 0.3) is 0 Å². The molecule has 2 aromatic rings. The summed E-state index contributed by atoms with van der Waals surface area (Å²) in [4.78, 5) is 47.0. The summed E-state index contributed by atoms with van der Waals surface area (Å²) in [5.41, 5.74) is 0.723. The summed E-state index contributed by atoms with van der Waals surface area (Å²) in [5, 5.41) is 0. The van der Waals surface area contributed by atoms with Gasteiger partial charge in [-0.1, -0.05) is 0 Å². The van der Waals surface area contributed by atoms with Crippen LogP contribution in [0.3, 0.4) is 0 Å². The van der Waals surface area contributed by atoms with Gasteiger partial charge < -0.3 is 23.7 Å². The number of nitrogens with zero attached hydrogens (tertiary/aromatic N) is 4. The van der Waals surface area contributed by atoms with Crippen LogP contribution in [0.1, 0.15) is 27.0 Å². The number of hydrogen-bond acceptors (Lipinski definition) is 11. The van der Waals surface area contributed by atoms with E-state index < -0.39 is 42.4 Å². The standard InChI is InChI=1S/C17H20N4O8/c1-8(22)26-5-11-13(27-9(2)23)14(28-10(3)24)17(29-11)21-7-20-12-15(21)18-6-19-16(12)25-4/h6-7,11,13-14,17H,5H2,1-4H3/t11-,13+,14-,17?/m0/s1. The molecular weight excluding hydrogens is 388 g/mol. The predicted octanol–water partition coefficient (Wildman–Crippen LogP) is 0.159. The highest BCUT2D eigenvalue weighted by atomic mass is 16.7. The molecule has 1 fully saturated rings. The monoisotopic (exact) mass is 408 g/mol. The van der Waals surface area contributed by atoms with Crippen molar-refractivity contribution in [1.82, 2.24) is 19.5 Å². The zero-order valence-corrected chi connectivity index (χ0v) is 16.2. The normalized spacial score (nSPS) is 23.6. The molecule has 1 unspecified atom stereocenters. The number of imidazole rings is 1. The summed E-state index contributed by atoms with van der Waals surface area (Å²) in [6, 6.07) is 0. The molecule has 2 aromatic heterocycles. The van der Waals surface area contributed by atoms with E-state index in [1.165, 1.54) is 45.1 Å². The van der Waals surface area contributed by atoms with Crippen molar-refractivity contribution in [3.63, 3.8) is 0 Å². The van der Waals surface area contributed by atoms with E-state index in [0.717, 1.165) is 0 Å². The van der Waals surface area contributed by atoms with E-state index in [1.807, 2.05) is 0 Å². The van der Waals surface area contributed by atoms with Crippen molar-refractivity contribution in [1.29, 1.82) is 0 Å². The minimum Gasteiger partial charge on any atom is -0.479 e. The van der Waals surface area contributed by atoms with Gasteiger partial charge >= 0.3 is 17.9 Å². The van der Waals surface area contributed by atoms with Gasteiger partial charge in [-0.2, -0.15) is 4.98 Å². The topological polar surface area (TPSA) is 141 Å². The van der Waals surface area contributed by atoms with Crippen LogP contribution in [0.25, 0.3) is 11.2 Å². The third kappa shape index (κ3) is 4.26. The first-order valence-electron chi connectivity index (χ1n) is 8.66. The zero-order chi connectivity index (χ0) is 21.1. The van der Waals surface area contributed by atoms with Crippen LogP contribution in [-0.2, 0) is 33.3 Å². The van der Waals surface area contributed by atoms with E-state index in [2.05, 4.69) is 15.0 Å². The van der Waals surface area contributed by atoms with Crippen molar-refractivity contribution in [3.8, 4) is 5.88 Å². The second-order valence-corrected chi connectivity index (χ2v) is 6.22. The van der Waals surface area contributed by atoms with Gasteiger partial charge in [-0.05, 0) is 0 Å². The number of carbonyl (C=O) groups is 3. The van der Waals surface area contributed by atoms with E-state index in [-0.39, 0.29) is 12.5 Å². The Balaban J connectivity index is 2.02. The van der Waals surface area contributed by atoms with Gasteiger partial charge in [-0.25, -0.2) is 9.97 Å². The summed E-state index contributed by atoms with van der Waals surface area (Å²) in [5.74, 6) is -1.49. The van der Waals surface area contributed by atoms with Gasteiger partial charge in [0.15, 0.2) is 29.6 Å². The zero-order valence-electron chi connectivity index (χ0n) is 16.2. The second-order valence-electron chi connectivity index (χ2n) is 6.22. The molecular formula is C17H20N4O8. The fourth-order valence-corrected chi connectivity index (χ4v) is 3.08. The molecule has 156 valence electrons. The van der Waals surface area contributed by atoms with E-state index in [1.54, 1.807) is 0 Å². The van der Waals surface area contributed by atoms with Crippen LogP contribution in [0.2, 0.25) is 0 Å². The Labute approximate surface area is 165 Å². The van der Waals surface area contributed by atoms with E-state index >= 15 is 0 Å². The summed E-state index contributed by atoms with van der Waals surface area (Å²) >= 11 is 0. The van der Waals surface area contributed by atoms with Crippen molar-refractivity contribution in [2.75, 3.05) is 13.7 Å². The number of esters is 3. The Kier molecular flexibility index (Phi) is 5.92. The third-order valence-corrected chi connectivity index (χ3v) is 4.13. The molecule has 29 heavy (non-hydrogen) atoms. The molecule has 0 N–H and O–H groups in total. The highest BCUT2D eigenvalue weighted by molar-refractivity contribution is 5.76. The lowest BCUT2D eigenvalue weighted by Crippen LogP contribution is -2.40. The van der Waals surface area contributed by atoms with Crippen LogP contribution >= 0.6 is 0 Å². The van der Waals surface area contributed by atoms with Gasteiger partial charge in [-0.3, -0.25) is 19.0 Å². The Morgan fingerprint density at radius 2 is 1.72 bits per heavy atom. The molecule has 1 aliphatic heterocycles. The largest absolute Gasteiger partial charge is 0.479 e. The quantitative estimate of drug-likeness (QED) is 0.476. The van der Waals surface area contributed by atoms with Crippen LogP contribution in [0, 0.1) is 0 Å². The number of methoxy groups -OCH3 is 1. The first kappa shape index (κ1) is 20.5. The number of rotatable bonds is 6. The first-order valence-corrected chi connectivity index (χ1v) is 8.66. The summed E-state index contributed by atoms with van der Waals surface area (Å²) in [7, 11) is 1.44. The molecule has 0 radical (unpaired) electrons. The number of ether oxygens (including phenoxy) is 5. The lowest BCUT2D eigenvalue weighted by atomic mass is 10.1. The van der Waals surface area contributed by atoms with E-state index in [9.17, 15) is 14.4 Å². The number of fused-ring (bicyclic) bond motifs is 1. The minimum absolute atomic E-state index is 0.202. The van der Waals surface area contributed by atoms with Gasteiger partial charge in [0, 0.05) is 20.8 Å². The SMILES string of the molecule is COc1ncnc2c1ncn2C1O[C@@H](COC(C)=O)[C@@H](OC(C)=O)[C@@H]1OC(C)=O. The molecule has 0 bridgehead atoms. The number of aromatic nitrogens is 4. The molecule has 1 saturated heterocycles. The molecule has 3 heterocycles. The maximum absolute atomic E-state index is 11.7. The molecule has 12 nitrogen and oxygen atoms in total. The lowest BCUT2D eigenvalue weighted by Gasteiger charge is -2.23. The second kappa shape index (κ2) is 8.39. The lowest BCUT2D eigenvalue weighted by molar-refractivity contribution is -0.166. The molecule has 4 atom stereocenters. The van der Waals surface area contributed by atoms with Crippen LogP contribution < -0.4 is 4.74 Å². The van der Waals surface area contributed by atoms with Crippen molar-refractivity contribution < 1.29 is 38.1 Å². The Morgan fingerprint density at radius 3 is 2.34 bits per heavy atom. The Bertz CT molecular complexity index is 929. The Morgan fingerprint density at radius 1 is 1.03 bits per heavy atom. The van der Waals surface area contributed by atoms with Crippen LogP contribution in [-0.4, -0.2) is 69.5 Å². The predicted molar refractivity (Wildman–Crippen MR) is 93.5 cm³/mol. The molecule has 3 rings (SSSR count). The van der Waals surface area contributed by atoms with E-state index in [0.29, 0.717) is 11.2 Å². The fourth-order valence-electron chi connectivity index (χ4n) is 3.08. The summed E-state index contributed by atoms with van der Waals surface area (Å²) in [6.45, 7) is 3.47. The fraction of sp³-hybridized carbons (Fsp3) is 0.529. The summed E-state index contributed by atoms with van der Waals surface area (Å²) in [6.07, 6.45) is -1.17.